The summed E-state index contributed by atoms with van der Waals surface area (Å²) >= 11 is 0. The maximum absolute atomic E-state index is 12.2. The van der Waals surface area contributed by atoms with E-state index in [0.717, 1.165) is 22.3 Å². The van der Waals surface area contributed by atoms with E-state index in [1.807, 2.05) is 37.3 Å². The highest BCUT2D eigenvalue weighted by Crippen LogP contribution is 2.13. The molecule has 0 aliphatic rings. The molecule has 0 saturated heterocycles. The summed E-state index contributed by atoms with van der Waals surface area (Å²) in [7, 11) is 0. The van der Waals surface area contributed by atoms with Crippen molar-refractivity contribution in [3.8, 4) is 0 Å². The number of benzene rings is 1. The monoisotopic (exact) mass is 263 g/mol. The number of aromatic nitrogens is 3. The van der Waals surface area contributed by atoms with E-state index in [4.69, 9.17) is 0 Å². The van der Waals surface area contributed by atoms with Gasteiger partial charge >= 0.3 is 0 Å². The van der Waals surface area contributed by atoms with Crippen molar-refractivity contribution < 1.29 is 4.79 Å². The molecule has 0 atom stereocenters. The first-order valence-electron chi connectivity index (χ1n) is 6.39. The third kappa shape index (κ3) is 2.54. The van der Waals surface area contributed by atoms with Crippen molar-refractivity contribution in [2.75, 3.05) is 0 Å². The fourth-order valence-corrected chi connectivity index (χ4v) is 2.09. The van der Waals surface area contributed by atoms with Crippen molar-refractivity contribution in [3.63, 3.8) is 0 Å². The summed E-state index contributed by atoms with van der Waals surface area (Å²) in [5.74, 6) is 0.0111. The number of ketones is 1. The lowest BCUT2D eigenvalue weighted by atomic mass is 10.1. The summed E-state index contributed by atoms with van der Waals surface area (Å²) in [6.07, 6.45) is 3.63. The Morgan fingerprint density at radius 2 is 1.85 bits per heavy atom. The molecular formula is C16H13N3O. The Kier molecular flexibility index (Phi) is 3.21. The second-order valence-corrected chi connectivity index (χ2v) is 4.64. The van der Waals surface area contributed by atoms with Crippen LogP contribution in [0.2, 0.25) is 0 Å². The Hall–Kier alpha value is -2.62. The summed E-state index contributed by atoms with van der Waals surface area (Å²) in [4.78, 5) is 24.9. The van der Waals surface area contributed by atoms with Gasteiger partial charge in [0.05, 0.1) is 11.0 Å². The number of hydrogen-bond donors (Lipinski definition) is 0. The van der Waals surface area contributed by atoms with Gasteiger partial charge in [0.15, 0.2) is 5.78 Å². The van der Waals surface area contributed by atoms with Crippen LogP contribution in [0.15, 0.2) is 48.8 Å². The minimum absolute atomic E-state index is 0.0111. The highest BCUT2D eigenvalue weighted by Gasteiger charge is 2.09. The number of Topliss-reactive ketones (excluding diaryl/α,β-unsaturated/α-hetero) is 1. The fraction of sp³-hybridized carbons (Fsp3) is 0.125. The molecule has 0 fully saturated rings. The van der Waals surface area contributed by atoms with Crippen molar-refractivity contribution in [1.29, 1.82) is 0 Å². The molecule has 0 spiro atoms. The van der Waals surface area contributed by atoms with Gasteiger partial charge in [-0.25, -0.2) is 0 Å². The van der Waals surface area contributed by atoms with Gasteiger partial charge in [0, 0.05) is 24.5 Å². The van der Waals surface area contributed by atoms with E-state index in [-0.39, 0.29) is 5.78 Å². The summed E-state index contributed by atoms with van der Waals surface area (Å²) in [5.41, 5.74) is 3.91. The van der Waals surface area contributed by atoms with Crippen LogP contribution in [-0.2, 0) is 6.42 Å². The molecule has 0 aliphatic carbocycles. The maximum Gasteiger partial charge on any atom is 0.185 e. The maximum atomic E-state index is 12.2. The van der Waals surface area contributed by atoms with Crippen LogP contribution in [0.25, 0.3) is 11.0 Å². The van der Waals surface area contributed by atoms with E-state index in [0.29, 0.717) is 12.1 Å². The lowest BCUT2D eigenvalue weighted by Crippen LogP contribution is -2.06. The van der Waals surface area contributed by atoms with E-state index >= 15 is 0 Å². The van der Waals surface area contributed by atoms with E-state index in [1.165, 1.54) is 0 Å². The molecule has 0 N–H and O–H groups in total. The molecule has 20 heavy (non-hydrogen) atoms. The number of carbonyl (C=O) groups is 1. The third-order valence-corrected chi connectivity index (χ3v) is 3.07. The molecule has 0 saturated carbocycles. The van der Waals surface area contributed by atoms with Gasteiger partial charge in [-0.2, -0.15) is 0 Å². The largest absolute Gasteiger partial charge is 0.292 e. The Labute approximate surface area is 116 Å². The first kappa shape index (κ1) is 12.4. The molecule has 0 aliphatic heterocycles. The molecule has 3 aromatic rings. The van der Waals surface area contributed by atoms with E-state index < -0.39 is 0 Å². The zero-order valence-corrected chi connectivity index (χ0v) is 11.1. The number of pyridine rings is 1. The Bertz CT molecular complexity index is 783. The van der Waals surface area contributed by atoms with E-state index in [9.17, 15) is 4.79 Å². The zero-order valence-electron chi connectivity index (χ0n) is 11.1. The quantitative estimate of drug-likeness (QED) is 0.682. The molecule has 0 amide bonds. The minimum Gasteiger partial charge on any atom is -0.292 e. The van der Waals surface area contributed by atoms with Gasteiger partial charge in [-0.1, -0.05) is 12.1 Å². The van der Waals surface area contributed by atoms with E-state index in [2.05, 4.69) is 15.0 Å². The van der Waals surface area contributed by atoms with Gasteiger partial charge in [-0.05, 0) is 36.8 Å². The number of nitrogens with zero attached hydrogens (tertiary/aromatic N) is 3. The average molecular weight is 263 g/mol. The minimum atomic E-state index is 0.0111. The molecule has 4 nitrogen and oxygen atoms in total. The first-order chi connectivity index (χ1) is 9.72. The number of carbonyl (C=O) groups excluding carboxylic acids is 1. The van der Waals surface area contributed by atoms with Crippen LogP contribution in [0.5, 0.6) is 0 Å². The third-order valence-electron chi connectivity index (χ3n) is 3.07. The van der Waals surface area contributed by atoms with Crippen LogP contribution in [0.1, 0.15) is 21.7 Å². The molecule has 2 heterocycles. The van der Waals surface area contributed by atoms with Crippen LogP contribution in [0.3, 0.4) is 0 Å². The lowest BCUT2D eigenvalue weighted by molar-refractivity contribution is 0.0988. The Balaban J connectivity index is 1.87. The topological polar surface area (TPSA) is 55.7 Å². The molecule has 3 rings (SSSR count). The van der Waals surface area contributed by atoms with Crippen molar-refractivity contribution in [3.05, 3.63) is 65.7 Å². The standard InChI is InChI=1S/C16H13N3O/c1-11-3-2-4-14(19-11)16(20)10-12-5-6-13-15(9-12)18-8-7-17-13/h2-9H,10H2,1H3. The van der Waals surface area contributed by atoms with Crippen LogP contribution >= 0.6 is 0 Å². The molecule has 4 heteroatoms. The molecule has 2 aromatic heterocycles. The second-order valence-electron chi connectivity index (χ2n) is 4.64. The summed E-state index contributed by atoms with van der Waals surface area (Å²) in [5, 5.41) is 0. The Morgan fingerprint density at radius 1 is 1.05 bits per heavy atom. The first-order valence-corrected chi connectivity index (χ1v) is 6.39. The van der Waals surface area contributed by atoms with Crippen LogP contribution in [-0.4, -0.2) is 20.7 Å². The average Bonchev–Trinajstić information content (AvgIpc) is 2.47. The van der Waals surface area contributed by atoms with Gasteiger partial charge in [0.25, 0.3) is 0 Å². The van der Waals surface area contributed by atoms with Crippen molar-refractivity contribution in [1.82, 2.24) is 15.0 Å². The molecule has 0 unspecified atom stereocenters. The van der Waals surface area contributed by atoms with Crippen LogP contribution < -0.4 is 0 Å². The van der Waals surface area contributed by atoms with Gasteiger partial charge in [-0.15, -0.1) is 0 Å². The number of hydrogen-bond acceptors (Lipinski definition) is 4. The van der Waals surface area contributed by atoms with Gasteiger partial charge in [-0.3, -0.25) is 19.7 Å². The number of fused-ring (bicyclic) bond motifs is 1. The molecule has 0 radical (unpaired) electrons. The summed E-state index contributed by atoms with van der Waals surface area (Å²) in [6, 6.07) is 11.2. The van der Waals surface area contributed by atoms with Gasteiger partial charge in [0.2, 0.25) is 0 Å². The second kappa shape index (κ2) is 5.17. The smallest absolute Gasteiger partial charge is 0.185 e. The highest BCUT2D eigenvalue weighted by molar-refractivity contribution is 5.96. The fourth-order valence-electron chi connectivity index (χ4n) is 2.09. The van der Waals surface area contributed by atoms with Gasteiger partial charge in [0.1, 0.15) is 5.69 Å². The molecular weight excluding hydrogens is 250 g/mol. The summed E-state index contributed by atoms with van der Waals surface area (Å²) < 4.78 is 0. The van der Waals surface area contributed by atoms with Crippen molar-refractivity contribution in [2.24, 2.45) is 0 Å². The zero-order chi connectivity index (χ0) is 13.9. The van der Waals surface area contributed by atoms with Gasteiger partial charge < -0.3 is 0 Å². The number of rotatable bonds is 3. The molecule has 0 bridgehead atoms. The Morgan fingerprint density at radius 3 is 2.65 bits per heavy atom. The van der Waals surface area contributed by atoms with E-state index in [1.54, 1.807) is 18.5 Å². The van der Waals surface area contributed by atoms with Crippen LogP contribution in [0, 0.1) is 6.92 Å². The van der Waals surface area contributed by atoms with Crippen LogP contribution in [0.4, 0.5) is 0 Å². The normalized spacial score (nSPS) is 10.7. The number of aryl methyl sites for hydroxylation is 1. The predicted molar refractivity (Wildman–Crippen MR) is 76.5 cm³/mol. The predicted octanol–water partition coefficient (Wildman–Crippen LogP) is 2.76. The SMILES string of the molecule is Cc1cccc(C(=O)Cc2ccc3nccnc3c2)n1. The van der Waals surface area contributed by atoms with Crippen molar-refractivity contribution in [2.45, 2.75) is 13.3 Å². The van der Waals surface area contributed by atoms with Crippen molar-refractivity contribution >= 4 is 16.8 Å². The molecule has 98 valence electrons. The lowest BCUT2D eigenvalue weighted by Gasteiger charge is -2.03. The molecule has 1 aromatic carbocycles. The highest BCUT2D eigenvalue weighted by atomic mass is 16.1. The summed E-state index contributed by atoms with van der Waals surface area (Å²) in [6.45, 7) is 1.88.